The zero-order valence-corrected chi connectivity index (χ0v) is 15.2. The first-order valence-corrected chi connectivity index (χ1v) is 8.85. The minimum Gasteiger partial charge on any atom is -0.494 e. The predicted molar refractivity (Wildman–Crippen MR) is 99.1 cm³/mol. The highest BCUT2D eigenvalue weighted by molar-refractivity contribution is 6.30. The van der Waals surface area contributed by atoms with Crippen LogP contribution >= 0.6 is 11.6 Å². The van der Waals surface area contributed by atoms with Crippen LogP contribution in [0.3, 0.4) is 0 Å². The number of nitrogens with one attached hydrogen (secondary N) is 1. The Bertz CT molecular complexity index is 749. The van der Waals surface area contributed by atoms with Gasteiger partial charge in [-0.2, -0.15) is 0 Å². The van der Waals surface area contributed by atoms with Crippen molar-refractivity contribution in [2.75, 3.05) is 18.5 Å². The van der Waals surface area contributed by atoms with Gasteiger partial charge in [0.25, 0.3) is 0 Å². The minimum absolute atomic E-state index is 0.0702. The second kappa shape index (κ2) is 7.85. The molecule has 3 rings (SSSR count). The molecule has 0 saturated carbocycles. The highest BCUT2D eigenvalue weighted by Crippen LogP contribution is 2.25. The molecule has 1 aliphatic heterocycles. The van der Waals surface area contributed by atoms with Crippen LogP contribution in [0.25, 0.3) is 0 Å². The first-order chi connectivity index (χ1) is 12.1. The summed E-state index contributed by atoms with van der Waals surface area (Å²) in [6.45, 7) is 6.13. The number of carbonyl (C=O) groups is 1. The van der Waals surface area contributed by atoms with Gasteiger partial charge < -0.3 is 10.1 Å². The summed E-state index contributed by atoms with van der Waals surface area (Å²) in [4.78, 5) is 18.8. The lowest BCUT2D eigenvalue weighted by atomic mass is 9.98. The van der Waals surface area contributed by atoms with Crippen molar-refractivity contribution in [3.8, 4) is 5.75 Å². The number of carbonyl (C=O) groups excluding carboxylic acids is 1. The van der Waals surface area contributed by atoms with Gasteiger partial charge in [-0.1, -0.05) is 17.7 Å². The Balaban J connectivity index is 1.66. The summed E-state index contributed by atoms with van der Waals surface area (Å²) in [5.41, 5.74) is 2.55. The molecule has 6 heteroatoms. The van der Waals surface area contributed by atoms with Crippen LogP contribution < -0.4 is 10.1 Å². The van der Waals surface area contributed by atoms with E-state index in [4.69, 9.17) is 16.3 Å². The number of rotatable bonds is 5. The zero-order valence-electron chi connectivity index (χ0n) is 14.5. The molecule has 1 aromatic heterocycles. The number of hydrogen-bond donors (Lipinski definition) is 1. The van der Waals surface area contributed by atoms with E-state index in [1.165, 1.54) is 17.3 Å². The fraction of sp³-hybridized carbons (Fsp3) is 0.368. The molecule has 0 aliphatic carbocycles. The average Bonchev–Trinajstić information content (AvgIpc) is 2.62. The van der Waals surface area contributed by atoms with Gasteiger partial charge in [0, 0.05) is 19.3 Å². The number of fused-ring (bicyclic) bond motifs is 1. The standard InChI is InChI=1S/C19H22ClN3O2/c1-3-25-17-6-4-14-8-9-23(12-15(14)10-17)13(2)19(24)22-18-7-5-16(20)11-21-18/h4-7,10-11,13H,3,8-9,12H2,1-2H3,(H,21,22,24). The molecular weight excluding hydrogens is 338 g/mol. The summed E-state index contributed by atoms with van der Waals surface area (Å²) >= 11 is 5.82. The van der Waals surface area contributed by atoms with E-state index in [0.29, 0.717) is 17.4 Å². The molecule has 132 valence electrons. The first kappa shape index (κ1) is 17.7. The molecule has 1 amide bonds. The van der Waals surface area contributed by atoms with E-state index in [0.717, 1.165) is 25.3 Å². The Hall–Kier alpha value is -2.11. The van der Waals surface area contributed by atoms with Gasteiger partial charge in [-0.05, 0) is 55.7 Å². The summed E-state index contributed by atoms with van der Waals surface area (Å²) in [6.07, 6.45) is 2.45. The van der Waals surface area contributed by atoms with Crippen LogP contribution in [0, 0.1) is 0 Å². The number of halogens is 1. The second-order valence-corrected chi connectivity index (χ2v) is 6.55. The van der Waals surface area contributed by atoms with Crippen LogP contribution in [0.2, 0.25) is 5.02 Å². The van der Waals surface area contributed by atoms with E-state index >= 15 is 0 Å². The molecule has 5 nitrogen and oxygen atoms in total. The van der Waals surface area contributed by atoms with Gasteiger partial charge in [0.1, 0.15) is 11.6 Å². The van der Waals surface area contributed by atoms with Gasteiger partial charge in [-0.15, -0.1) is 0 Å². The Morgan fingerprint density at radius 1 is 1.36 bits per heavy atom. The van der Waals surface area contributed by atoms with Crippen LogP contribution in [-0.4, -0.2) is 35.0 Å². The molecule has 1 aromatic carbocycles. The highest BCUT2D eigenvalue weighted by Gasteiger charge is 2.25. The van der Waals surface area contributed by atoms with Crippen LogP contribution in [0.1, 0.15) is 25.0 Å². The summed E-state index contributed by atoms with van der Waals surface area (Å²) in [5, 5.41) is 3.39. The predicted octanol–water partition coefficient (Wildman–Crippen LogP) is 3.52. The van der Waals surface area contributed by atoms with Crippen molar-refractivity contribution in [1.29, 1.82) is 0 Å². The largest absolute Gasteiger partial charge is 0.494 e. The number of aromatic nitrogens is 1. The van der Waals surface area contributed by atoms with Crippen molar-refractivity contribution in [2.24, 2.45) is 0 Å². The van der Waals surface area contributed by atoms with E-state index in [2.05, 4.69) is 27.3 Å². The van der Waals surface area contributed by atoms with Crippen molar-refractivity contribution in [3.05, 3.63) is 52.7 Å². The van der Waals surface area contributed by atoms with E-state index in [1.54, 1.807) is 12.1 Å². The van der Waals surface area contributed by atoms with Crippen molar-refractivity contribution in [1.82, 2.24) is 9.88 Å². The molecular formula is C19H22ClN3O2. The van der Waals surface area contributed by atoms with E-state index in [1.807, 2.05) is 19.9 Å². The average molecular weight is 360 g/mol. The topological polar surface area (TPSA) is 54.5 Å². The third-order valence-electron chi connectivity index (χ3n) is 4.44. The molecule has 2 heterocycles. The summed E-state index contributed by atoms with van der Waals surface area (Å²) in [5.74, 6) is 1.32. The van der Waals surface area contributed by atoms with Crippen LogP contribution in [0.15, 0.2) is 36.5 Å². The van der Waals surface area contributed by atoms with Crippen molar-refractivity contribution in [3.63, 3.8) is 0 Å². The van der Waals surface area contributed by atoms with E-state index < -0.39 is 0 Å². The Kier molecular flexibility index (Phi) is 5.56. The Morgan fingerprint density at radius 3 is 2.92 bits per heavy atom. The first-order valence-electron chi connectivity index (χ1n) is 8.48. The van der Waals surface area contributed by atoms with Gasteiger partial charge in [-0.3, -0.25) is 9.69 Å². The molecule has 0 fully saturated rings. The van der Waals surface area contributed by atoms with Gasteiger partial charge in [-0.25, -0.2) is 4.98 Å². The van der Waals surface area contributed by atoms with Gasteiger partial charge >= 0.3 is 0 Å². The van der Waals surface area contributed by atoms with Crippen LogP contribution in [0.5, 0.6) is 5.75 Å². The third kappa shape index (κ3) is 4.30. The lowest BCUT2D eigenvalue weighted by Gasteiger charge is -2.33. The maximum absolute atomic E-state index is 12.5. The second-order valence-electron chi connectivity index (χ2n) is 6.11. The number of benzene rings is 1. The van der Waals surface area contributed by atoms with Crippen molar-refractivity contribution >= 4 is 23.3 Å². The molecule has 1 aliphatic rings. The summed E-state index contributed by atoms with van der Waals surface area (Å²) in [6, 6.07) is 9.38. The molecule has 1 atom stereocenters. The molecule has 25 heavy (non-hydrogen) atoms. The maximum Gasteiger partial charge on any atom is 0.242 e. The van der Waals surface area contributed by atoms with Crippen molar-refractivity contribution in [2.45, 2.75) is 32.9 Å². The zero-order chi connectivity index (χ0) is 17.8. The molecule has 1 N–H and O–H groups in total. The molecule has 1 unspecified atom stereocenters. The Morgan fingerprint density at radius 2 is 2.20 bits per heavy atom. The highest BCUT2D eigenvalue weighted by atomic mass is 35.5. The quantitative estimate of drug-likeness (QED) is 0.887. The normalized spacial score (nSPS) is 15.3. The summed E-state index contributed by atoms with van der Waals surface area (Å²) < 4.78 is 5.59. The van der Waals surface area contributed by atoms with Crippen LogP contribution in [0.4, 0.5) is 5.82 Å². The lowest BCUT2D eigenvalue weighted by molar-refractivity contribution is -0.121. The monoisotopic (exact) mass is 359 g/mol. The number of pyridine rings is 1. The maximum atomic E-state index is 12.5. The molecule has 0 spiro atoms. The molecule has 0 saturated heterocycles. The lowest BCUT2D eigenvalue weighted by Crippen LogP contribution is -2.44. The smallest absolute Gasteiger partial charge is 0.242 e. The van der Waals surface area contributed by atoms with Gasteiger partial charge in [0.15, 0.2) is 0 Å². The Labute approximate surface area is 153 Å². The third-order valence-corrected chi connectivity index (χ3v) is 4.66. The number of ether oxygens (including phenoxy) is 1. The molecule has 0 radical (unpaired) electrons. The number of anilines is 1. The fourth-order valence-electron chi connectivity index (χ4n) is 2.99. The SMILES string of the molecule is CCOc1ccc2c(c1)CN(C(C)C(=O)Nc1ccc(Cl)cn1)CC2. The molecule has 0 bridgehead atoms. The molecule has 2 aromatic rings. The van der Waals surface area contributed by atoms with E-state index in [-0.39, 0.29) is 11.9 Å². The number of hydrogen-bond acceptors (Lipinski definition) is 4. The van der Waals surface area contributed by atoms with Crippen LogP contribution in [-0.2, 0) is 17.8 Å². The fourth-order valence-corrected chi connectivity index (χ4v) is 3.10. The van der Waals surface area contributed by atoms with E-state index in [9.17, 15) is 4.79 Å². The summed E-state index contributed by atoms with van der Waals surface area (Å²) in [7, 11) is 0. The number of amides is 1. The minimum atomic E-state index is -0.249. The number of nitrogens with zero attached hydrogens (tertiary/aromatic N) is 2. The van der Waals surface area contributed by atoms with Gasteiger partial charge in [0.2, 0.25) is 5.91 Å². The van der Waals surface area contributed by atoms with Crippen molar-refractivity contribution < 1.29 is 9.53 Å². The van der Waals surface area contributed by atoms with Gasteiger partial charge in [0.05, 0.1) is 17.7 Å².